The fourth-order valence-electron chi connectivity index (χ4n) is 3.61. The van der Waals surface area contributed by atoms with Gasteiger partial charge in [0.2, 0.25) is 0 Å². The van der Waals surface area contributed by atoms with E-state index < -0.39 is 16.2 Å². The Morgan fingerprint density at radius 2 is 1.79 bits per heavy atom. The molecule has 0 fully saturated rings. The van der Waals surface area contributed by atoms with Crippen LogP contribution in [0.5, 0.6) is 5.75 Å². The van der Waals surface area contributed by atoms with Gasteiger partial charge in [-0.05, 0) is 24.1 Å². The third-order valence-corrected chi connectivity index (χ3v) is 5.30. The Morgan fingerprint density at radius 1 is 1.06 bits per heavy atom. The van der Waals surface area contributed by atoms with Crippen molar-refractivity contribution in [2.75, 3.05) is 0 Å². The van der Waals surface area contributed by atoms with Crippen molar-refractivity contribution in [2.24, 2.45) is 0 Å². The fraction of sp³-hybridized carbons (Fsp3) is 0.261. The summed E-state index contributed by atoms with van der Waals surface area (Å²) in [6, 6.07) is 15.2. The third kappa shape index (κ3) is 4.69. The highest BCUT2D eigenvalue weighted by Gasteiger charge is 2.19. The Hall–Kier alpha value is -4.21. The molecule has 0 bridgehead atoms. The third-order valence-electron chi connectivity index (χ3n) is 5.30. The monoisotopic (exact) mass is 449 g/mol. The van der Waals surface area contributed by atoms with Crippen molar-refractivity contribution < 1.29 is 9.66 Å². The van der Waals surface area contributed by atoms with Gasteiger partial charge in [-0.2, -0.15) is 0 Å². The number of nitrogens with zero attached hydrogens (tertiary/aromatic N) is 4. The first-order valence-corrected chi connectivity index (χ1v) is 10.6. The van der Waals surface area contributed by atoms with Crippen LogP contribution in [0.2, 0.25) is 0 Å². The van der Waals surface area contributed by atoms with Gasteiger partial charge in [0.1, 0.15) is 18.2 Å². The van der Waals surface area contributed by atoms with Gasteiger partial charge in [0.25, 0.3) is 11.2 Å². The average molecular weight is 449 g/mol. The van der Waals surface area contributed by atoms with Crippen LogP contribution in [0.3, 0.4) is 0 Å². The van der Waals surface area contributed by atoms with E-state index in [1.807, 2.05) is 37.3 Å². The molecule has 0 atom stereocenters. The van der Waals surface area contributed by atoms with Crippen LogP contribution in [0.15, 0.2) is 64.2 Å². The van der Waals surface area contributed by atoms with Crippen molar-refractivity contribution in [1.82, 2.24) is 19.1 Å². The number of rotatable bonds is 9. The van der Waals surface area contributed by atoms with Gasteiger partial charge in [-0.25, -0.2) is 9.78 Å². The summed E-state index contributed by atoms with van der Waals surface area (Å²) in [6.07, 6.45) is 1.72. The van der Waals surface area contributed by atoms with Crippen molar-refractivity contribution in [3.63, 3.8) is 0 Å². The van der Waals surface area contributed by atoms with Crippen LogP contribution >= 0.6 is 0 Å². The standard InChI is InChI=1S/C23H23N5O5/c1-2-3-13-26-19(15-33-18-11-9-17(10-12-18)28(31)32)24-21-20(26)22(29)25-23(30)27(21)14-16-7-5-4-6-8-16/h4-12H,2-3,13-15H2,1H3,(H,25,29,30). The number of H-pyrrole nitrogens is 1. The molecule has 10 nitrogen and oxygen atoms in total. The lowest BCUT2D eigenvalue weighted by atomic mass is 10.2. The smallest absolute Gasteiger partial charge is 0.330 e. The molecule has 0 amide bonds. The molecule has 1 N–H and O–H groups in total. The van der Waals surface area contributed by atoms with E-state index in [0.29, 0.717) is 29.3 Å². The SMILES string of the molecule is CCCCn1c(COc2ccc([N+](=O)[O-])cc2)nc2c1c(=O)[nH]c(=O)n2Cc1ccccc1. The van der Waals surface area contributed by atoms with Crippen LogP contribution < -0.4 is 16.0 Å². The van der Waals surface area contributed by atoms with Crippen molar-refractivity contribution in [3.05, 3.63) is 96.9 Å². The first kappa shape index (κ1) is 22.0. The number of hydrogen-bond acceptors (Lipinski definition) is 6. The van der Waals surface area contributed by atoms with Crippen molar-refractivity contribution in [2.45, 2.75) is 39.5 Å². The minimum Gasteiger partial charge on any atom is -0.486 e. The van der Waals surface area contributed by atoms with Gasteiger partial charge in [0.15, 0.2) is 11.2 Å². The molecule has 0 unspecified atom stereocenters. The summed E-state index contributed by atoms with van der Waals surface area (Å²) in [5.74, 6) is 0.931. The van der Waals surface area contributed by atoms with Crippen LogP contribution in [0, 0.1) is 10.1 Å². The lowest BCUT2D eigenvalue weighted by molar-refractivity contribution is -0.384. The number of benzene rings is 2. The predicted molar refractivity (Wildman–Crippen MR) is 122 cm³/mol. The molecule has 2 aromatic carbocycles. The highest BCUT2D eigenvalue weighted by Crippen LogP contribution is 2.20. The van der Waals surface area contributed by atoms with Crippen molar-refractivity contribution in [3.8, 4) is 5.75 Å². The molecule has 0 saturated heterocycles. The molecular weight excluding hydrogens is 426 g/mol. The van der Waals surface area contributed by atoms with Crippen LogP contribution in [0.4, 0.5) is 5.69 Å². The van der Waals surface area contributed by atoms with Gasteiger partial charge in [-0.15, -0.1) is 0 Å². The molecule has 170 valence electrons. The second kappa shape index (κ2) is 9.51. The Morgan fingerprint density at radius 3 is 2.45 bits per heavy atom. The van der Waals surface area contributed by atoms with Crippen LogP contribution in [-0.4, -0.2) is 24.0 Å². The van der Waals surface area contributed by atoms with Gasteiger partial charge >= 0.3 is 5.69 Å². The Bertz CT molecular complexity index is 1390. The summed E-state index contributed by atoms with van der Waals surface area (Å²) in [6.45, 7) is 2.88. The summed E-state index contributed by atoms with van der Waals surface area (Å²) in [7, 11) is 0. The number of imidazole rings is 1. The van der Waals surface area contributed by atoms with Crippen LogP contribution in [-0.2, 0) is 19.7 Å². The topological polar surface area (TPSA) is 125 Å². The molecule has 4 rings (SSSR count). The lowest BCUT2D eigenvalue weighted by Crippen LogP contribution is -2.31. The summed E-state index contributed by atoms with van der Waals surface area (Å²) in [4.78, 5) is 42.8. The molecule has 0 radical (unpaired) electrons. The van der Waals surface area contributed by atoms with Gasteiger partial charge in [-0.3, -0.25) is 24.5 Å². The minimum absolute atomic E-state index is 0.0333. The molecule has 0 aliphatic rings. The first-order chi connectivity index (χ1) is 16.0. The molecule has 0 spiro atoms. The Kier molecular flexibility index (Phi) is 6.34. The normalized spacial score (nSPS) is 11.1. The number of nitro benzene ring substituents is 1. The number of aryl methyl sites for hydroxylation is 1. The highest BCUT2D eigenvalue weighted by atomic mass is 16.6. The molecule has 2 heterocycles. The summed E-state index contributed by atoms with van der Waals surface area (Å²) >= 11 is 0. The van der Waals surface area contributed by atoms with Crippen molar-refractivity contribution >= 4 is 16.9 Å². The van der Waals surface area contributed by atoms with E-state index in [2.05, 4.69) is 9.97 Å². The van der Waals surface area contributed by atoms with Gasteiger partial charge in [-0.1, -0.05) is 43.7 Å². The molecular formula is C23H23N5O5. The maximum absolute atomic E-state index is 12.7. The van der Waals surface area contributed by atoms with Crippen LogP contribution in [0.1, 0.15) is 31.2 Å². The molecule has 33 heavy (non-hydrogen) atoms. The summed E-state index contributed by atoms with van der Waals surface area (Å²) in [5.41, 5.74) is 0.463. The average Bonchev–Trinajstić information content (AvgIpc) is 3.18. The molecule has 0 aliphatic heterocycles. The van der Waals surface area contributed by atoms with E-state index in [1.54, 1.807) is 4.57 Å². The van der Waals surface area contributed by atoms with E-state index >= 15 is 0 Å². The van der Waals surface area contributed by atoms with E-state index in [0.717, 1.165) is 18.4 Å². The minimum atomic E-state index is -0.528. The Balaban J connectivity index is 1.74. The second-order valence-electron chi connectivity index (χ2n) is 7.58. The summed E-state index contributed by atoms with van der Waals surface area (Å²) < 4.78 is 9.03. The van der Waals surface area contributed by atoms with E-state index in [1.165, 1.54) is 28.8 Å². The molecule has 0 saturated carbocycles. The number of ether oxygens (including phenoxy) is 1. The first-order valence-electron chi connectivity index (χ1n) is 10.6. The second-order valence-corrected chi connectivity index (χ2v) is 7.58. The number of nitrogens with one attached hydrogen (secondary N) is 1. The zero-order valence-corrected chi connectivity index (χ0v) is 18.1. The Labute approximate surface area is 188 Å². The summed E-state index contributed by atoms with van der Waals surface area (Å²) in [5, 5.41) is 10.8. The number of unbranched alkanes of at least 4 members (excludes halogenated alkanes) is 1. The van der Waals surface area contributed by atoms with E-state index in [-0.39, 0.29) is 18.8 Å². The van der Waals surface area contributed by atoms with Crippen molar-refractivity contribution in [1.29, 1.82) is 0 Å². The van der Waals surface area contributed by atoms with Gasteiger partial charge < -0.3 is 9.30 Å². The fourth-order valence-corrected chi connectivity index (χ4v) is 3.61. The molecule has 10 heteroatoms. The van der Waals surface area contributed by atoms with Crippen LogP contribution in [0.25, 0.3) is 11.2 Å². The quantitative estimate of drug-likeness (QED) is 0.309. The molecule has 4 aromatic rings. The number of hydrogen-bond donors (Lipinski definition) is 1. The highest BCUT2D eigenvalue weighted by molar-refractivity contribution is 5.71. The van der Waals surface area contributed by atoms with E-state index in [9.17, 15) is 19.7 Å². The predicted octanol–water partition coefficient (Wildman–Crippen LogP) is 3.22. The van der Waals surface area contributed by atoms with E-state index in [4.69, 9.17) is 4.74 Å². The molecule has 2 aromatic heterocycles. The van der Waals surface area contributed by atoms with Gasteiger partial charge in [0.05, 0.1) is 11.5 Å². The number of nitro groups is 1. The molecule has 0 aliphatic carbocycles. The number of fused-ring (bicyclic) bond motifs is 1. The number of aromatic amines is 1. The zero-order chi connectivity index (χ0) is 23.4. The lowest BCUT2D eigenvalue weighted by Gasteiger charge is -2.10. The largest absolute Gasteiger partial charge is 0.486 e. The van der Waals surface area contributed by atoms with Gasteiger partial charge in [0, 0.05) is 18.7 Å². The zero-order valence-electron chi connectivity index (χ0n) is 18.1. The maximum atomic E-state index is 12.7. The number of non-ortho nitro benzene ring substituents is 1. The maximum Gasteiger partial charge on any atom is 0.330 e. The number of aromatic nitrogens is 4.